The second kappa shape index (κ2) is 6.48. The Balaban J connectivity index is 1.47. The van der Waals surface area contributed by atoms with Gasteiger partial charge in [-0.05, 0) is 18.4 Å². The lowest BCUT2D eigenvalue weighted by atomic mass is 10.0. The number of likely N-dealkylation sites (tertiary alicyclic amines) is 1. The van der Waals surface area contributed by atoms with Gasteiger partial charge in [0, 0.05) is 25.7 Å². The quantitative estimate of drug-likeness (QED) is 0.925. The first kappa shape index (κ1) is 13.1. The van der Waals surface area contributed by atoms with Crippen LogP contribution in [0.3, 0.4) is 0 Å². The van der Waals surface area contributed by atoms with Crippen LogP contribution >= 0.6 is 0 Å². The minimum Gasteiger partial charge on any atom is -0.380 e. The maximum absolute atomic E-state index is 4.04. The van der Waals surface area contributed by atoms with E-state index in [4.69, 9.17) is 0 Å². The molecule has 1 aromatic heterocycles. The van der Waals surface area contributed by atoms with Crippen LogP contribution in [0.25, 0.3) is 0 Å². The Morgan fingerprint density at radius 3 is 2.45 bits per heavy atom. The van der Waals surface area contributed by atoms with Crippen molar-refractivity contribution in [1.29, 1.82) is 0 Å². The van der Waals surface area contributed by atoms with E-state index in [0.717, 1.165) is 25.3 Å². The first-order valence-corrected chi connectivity index (χ1v) is 7.18. The van der Waals surface area contributed by atoms with Crippen molar-refractivity contribution in [3.63, 3.8) is 0 Å². The van der Waals surface area contributed by atoms with Gasteiger partial charge in [-0.25, -0.2) is 9.97 Å². The van der Waals surface area contributed by atoms with Crippen molar-refractivity contribution in [2.75, 3.05) is 18.4 Å². The highest BCUT2D eigenvalue weighted by Crippen LogP contribution is 2.17. The topological polar surface area (TPSA) is 41.0 Å². The molecule has 1 saturated heterocycles. The highest BCUT2D eigenvalue weighted by atomic mass is 15.1. The second-order valence-electron chi connectivity index (χ2n) is 5.31. The molecular weight excluding hydrogens is 248 g/mol. The van der Waals surface area contributed by atoms with E-state index in [1.54, 1.807) is 6.33 Å². The molecule has 1 N–H and O–H groups in total. The molecule has 0 aliphatic carbocycles. The molecule has 4 heteroatoms. The van der Waals surface area contributed by atoms with Gasteiger partial charge in [-0.2, -0.15) is 0 Å². The summed E-state index contributed by atoms with van der Waals surface area (Å²) >= 11 is 0. The summed E-state index contributed by atoms with van der Waals surface area (Å²) in [5, 5.41) is 3.51. The third-order valence-corrected chi connectivity index (χ3v) is 3.77. The summed E-state index contributed by atoms with van der Waals surface area (Å²) in [6, 6.07) is 11.2. The Labute approximate surface area is 119 Å². The van der Waals surface area contributed by atoms with Crippen LogP contribution in [0.4, 0.5) is 5.69 Å². The molecule has 4 nitrogen and oxygen atoms in total. The molecule has 0 unspecified atom stereocenters. The van der Waals surface area contributed by atoms with Crippen molar-refractivity contribution in [2.24, 2.45) is 0 Å². The zero-order chi connectivity index (χ0) is 13.6. The van der Waals surface area contributed by atoms with Gasteiger partial charge in [0.05, 0.1) is 18.1 Å². The molecule has 0 spiro atoms. The van der Waals surface area contributed by atoms with Crippen molar-refractivity contribution in [3.05, 3.63) is 54.6 Å². The highest BCUT2D eigenvalue weighted by molar-refractivity contribution is 5.38. The summed E-state index contributed by atoms with van der Waals surface area (Å²) in [7, 11) is 0. The maximum atomic E-state index is 4.04. The van der Waals surface area contributed by atoms with E-state index >= 15 is 0 Å². The Hall–Kier alpha value is -1.94. The highest BCUT2D eigenvalue weighted by Gasteiger charge is 2.19. The van der Waals surface area contributed by atoms with Gasteiger partial charge >= 0.3 is 0 Å². The molecule has 3 rings (SSSR count). The van der Waals surface area contributed by atoms with Crippen LogP contribution in [0.5, 0.6) is 0 Å². The Kier molecular flexibility index (Phi) is 4.23. The van der Waals surface area contributed by atoms with Gasteiger partial charge in [-0.1, -0.05) is 30.3 Å². The lowest BCUT2D eigenvalue weighted by Gasteiger charge is -2.32. The molecule has 20 heavy (non-hydrogen) atoms. The van der Waals surface area contributed by atoms with E-state index in [9.17, 15) is 0 Å². The number of nitrogens with zero attached hydrogens (tertiary/aromatic N) is 3. The van der Waals surface area contributed by atoms with Crippen LogP contribution in [0.2, 0.25) is 0 Å². The van der Waals surface area contributed by atoms with Crippen molar-refractivity contribution in [2.45, 2.75) is 25.4 Å². The summed E-state index contributed by atoms with van der Waals surface area (Å²) in [5.41, 5.74) is 2.42. The Morgan fingerprint density at radius 1 is 1.05 bits per heavy atom. The van der Waals surface area contributed by atoms with Gasteiger partial charge < -0.3 is 5.32 Å². The number of anilines is 1. The van der Waals surface area contributed by atoms with E-state index in [-0.39, 0.29) is 0 Å². The monoisotopic (exact) mass is 268 g/mol. The number of hydrogen-bond acceptors (Lipinski definition) is 4. The molecule has 0 atom stereocenters. The van der Waals surface area contributed by atoms with Crippen molar-refractivity contribution < 1.29 is 0 Å². The van der Waals surface area contributed by atoms with Gasteiger partial charge in [0.1, 0.15) is 6.33 Å². The molecule has 1 aliphatic heterocycles. The second-order valence-corrected chi connectivity index (χ2v) is 5.31. The summed E-state index contributed by atoms with van der Waals surface area (Å²) in [6.07, 6.45) is 7.57. The average molecular weight is 268 g/mol. The Morgan fingerprint density at radius 2 is 1.75 bits per heavy atom. The van der Waals surface area contributed by atoms with Gasteiger partial charge in [-0.3, -0.25) is 4.90 Å². The van der Waals surface area contributed by atoms with E-state index in [2.05, 4.69) is 50.5 Å². The van der Waals surface area contributed by atoms with E-state index < -0.39 is 0 Å². The minimum absolute atomic E-state index is 0.535. The molecule has 2 heterocycles. The Bertz CT molecular complexity index is 457. The fourth-order valence-electron chi connectivity index (χ4n) is 2.69. The largest absolute Gasteiger partial charge is 0.380 e. The number of piperidine rings is 1. The average Bonchev–Trinajstić information content (AvgIpc) is 2.51. The molecule has 1 aliphatic rings. The first-order valence-electron chi connectivity index (χ1n) is 7.18. The number of benzene rings is 1. The van der Waals surface area contributed by atoms with Crippen LogP contribution in [0.1, 0.15) is 18.4 Å². The van der Waals surface area contributed by atoms with Crippen LogP contribution in [0, 0.1) is 0 Å². The van der Waals surface area contributed by atoms with E-state index in [1.807, 2.05) is 12.4 Å². The number of aromatic nitrogens is 2. The lowest BCUT2D eigenvalue weighted by molar-refractivity contribution is 0.211. The predicted molar refractivity (Wildman–Crippen MR) is 80.4 cm³/mol. The first-order chi connectivity index (χ1) is 9.90. The molecule has 2 aromatic rings. The number of rotatable bonds is 4. The molecule has 0 radical (unpaired) electrons. The van der Waals surface area contributed by atoms with Gasteiger partial charge in [0.2, 0.25) is 0 Å². The van der Waals surface area contributed by atoms with Crippen LogP contribution in [0.15, 0.2) is 49.1 Å². The summed E-state index contributed by atoms with van der Waals surface area (Å²) in [6.45, 7) is 3.34. The van der Waals surface area contributed by atoms with Crippen LogP contribution < -0.4 is 5.32 Å². The van der Waals surface area contributed by atoms with Gasteiger partial charge in [-0.15, -0.1) is 0 Å². The van der Waals surface area contributed by atoms with Crippen molar-refractivity contribution >= 4 is 5.69 Å². The molecule has 0 saturated carbocycles. The van der Waals surface area contributed by atoms with E-state index in [0.29, 0.717) is 6.04 Å². The SMILES string of the molecule is c1ccc(CN2CCC(Nc3cncnc3)CC2)cc1. The number of nitrogens with one attached hydrogen (secondary N) is 1. The predicted octanol–water partition coefficient (Wildman–Crippen LogP) is 2.55. The molecule has 1 fully saturated rings. The molecule has 0 amide bonds. The molecular formula is C16H20N4. The third-order valence-electron chi connectivity index (χ3n) is 3.77. The van der Waals surface area contributed by atoms with Crippen molar-refractivity contribution in [1.82, 2.24) is 14.9 Å². The maximum Gasteiger partial charge on any atom is 0.115 e. The standard InChI is InChI=1S/C16H20N4/c1-2-4-14(5-3-1)12-20-8-6-15(7-9-20)19-16-10-17-13-18-11-16/h1-5,10-11,13,15,19H,6-9,12H2. The normalized spacial score (nSPS) is 17.0. The summed E-state index contributed by atoms with van der Waals surface area (Å²) in [4.78, 5) is 10.6. The van der Waals surface area contributed by atoms with Gasteiger partial charge in [0.25, 0.3) is 0 Å². The molecule has 0 bridgehead atoms. The van der Waals surface area contributed by atoms with Crippen LogP contribution in [-0.4, -0.2) is 34.0 Å². The van der Waals surface area contributed by atoms with E-state index in [1.165, 1.54) is 18.4 Å². The zero-order valence-corrected chi connectivity index (χ0v) is 11.6. The fraction of sp³-hybridized carbons (Fsp3) is 0.375. The third kappa shape index (κ3) is 3.54. The minimum atomic E-state index is 0.535. The lowest BCUT2D eigenvalue weighted by Crippen LogP contribution is -2.38. The summed E-state index contributed by atoms with van der Waals surface area (Å²) in [5.74, 6) is 0. The fourth-order valence-corrected chi connectivity index (χ4v) is 2.69. The number of hydrogen-bond donors (Lipinski definition) is 1. The molecule has 1 aromatic carbocycles. The smallest absolute Gasteiger partial charge is 0.115 e. The summed E-state index contributed by atoms with van der Waals surface area (Å²) < 4.78 is 0. The zero-order valence-electron chi connectivity index (χ0n) is 11.6. The molecule has 104 valence electrons. The van der Waals surface area contributed by atoms with Gasteiger partial charge in [0.15, 0.2) is 0 Å². The van der Waals surface area contributed by atoms with Crippen molar-refractivity contribution in [3.8, 4) is 0 Å². The van der Waals surface area contributed by atoms with Crippen LogP contribution in [-0.2, 0) is 6.54 Å².